The van der Waals surface area contributed by atoms with Crippen LogP contribution in [-0.2, 0) is 14.3 Å². The molecule has 0 radical (unpaired) electrons. The number of nitro groups is 1. The predicted octanol–water partition coefficient (Wildman–Crippen LogP) is 0.987. The first-order chi connectivity index (χ1) is 9.59. The Morgan fingerprint density at radius 3 is 2.30 bits per heavy atom. The van der Waals surface area contributed by atoms with Crippen LogP contribution in [0.15, 0.2) is 0 Å². The van der Waals surface area contributed by atoms with Gasteiger partial charge in [-0.1, -0.05) is 19.3 Å². The number of rotatable bonds is 4. The van der Waals surface area contributed by atoms with E-state index in [1.54, 1.807) is 4.90 Å². The second-order valence-corrected chi connectivity index (χ2v) is 5.45. The zero-order chi connectivity index (χ0) is 14.5. The number of hydrogen-bond acceptors (Lipinski definition) is 5. The maximum absolute atomic E-state index is 11.9. The predicted molar refractivity (Wildman–Crippen MR) is 69.5 cm³/mol. The molecule has 0 aromatic carbocycles. The third-order valence-electron chi connectivity index (χ3n) is 3.88. The summed E-state index contributed by atoms with van der Waals surface area (Å²) in [5, 5.41) is 10.5. The molecule has 0 spiro atoms. The molecule has 1 heterocycles. The molecule has 1 amide bonds. The molecule has 0 bridgehead atoms. The SMILES string of the molecule is O=C(OCC(=O)N1CCCCCCC1)C1CC1[N+](=O)[O-]. The highest BCUT2D eigenvalue weighted by Gasteiger charge is 2.54. The molecule has 2 aliphatic rings. The van der Waals surface area contributed by atoms with Gasteiger partial charge in [0.2, 0.25) is 6.04 Å². The molecular weight excluding hydrogens is 264 g/mol. The minimum absolute atomic E-state index is 0.196. The van der Waals surface area contributed by atoms with Gasteiger partial charge in [-0.25, -0.2) is 0 Å². The van der Waals surface area contributed by atoms with Crippen molar-refractivity contribution in [1.82, 2.24) is 4.90 Å². The minimum Gasteiger partial charge on any atom is -0.455 e. The summed E-state index contributed by atoms with van der Waals surface area (Å²) in [5.74, 6) is -1.48. The fourth-order valence-electron chi connectivity index (χ4n) is 2.50. The molecule has 0 aromatic heterocycles. The fourth-order valence-corrected chi connectivity index (χ4v) is 2.50. The normalized spacial score (nSPS) is 26.3. The van der Waals surface area contributed by atoms with Gasteiger partial charge in [-0.3, -0.25) is 19.7 Å². The summed E-state index contributed by atoms with van der Waals surface area (Å²) >= 11 is 0. The van der Waals surface area contributed by atoms with Gasteiger partial charge in [0.15, 0.2) is 6.61 Å². The largest absolute Gasteiger partial charge is 0.455 e. The molecule has 2 rings (SSSR count). The number of amides is 1. The van der Waals surface area contributed by atoms with Crippen molar-refractivity contribution in [2.45, 2.75) is 44.6 Å². The Balaban J connectivity index is 1.71. The van der Waals surface area contributed by atoms with Gasteiger partial charge in [0.25, 0.3) is 5.91 Å². The van der Waals surface area contributed by atoms with E-state index < -0.39 is 22.9 Å². The van der Waals surface area contributed by atoms with Crippen molar-refractivity contribution in [3.8, 4) is 0 Å². The first-order valence-corrected chi connectivity index (χ1v) is 7.17. The maximum atomic E-state index is 11.9. The molecule has 2 fully saturated rings. The third kappa shape index (κ3) is 3.91. The smallest absolute Gasteiger partial charge is 0.316 e. The average Bonchev–Trinajstić information content (AvgIpc) is 3.15. The molecule has 7 heteroatoms. The molecule has 0 N–H and O–H groups in total. The number of likely N-dealkylation sites (tertiary alicyclic amines) is 1. The highest BCUT2D eigenvalue weighted by molar-refractivity contribution is 5.82. The van der Waals surface area contributed by atoms with Crippen LogP contribution in [0.25, 0.3) is 0 Å². The molecule has 20 heavy (non-hydrogen) atoms. The Kier molecular flexibility index (Phi) is 4.92. The molecule has 1 aliphatic carbocycles. The number of carbonyl (C=O) groups is 2. The topological polar surface area (TPSA) is 89.8 Å². The van der Waals surface area contributed by atoms with E-state index in [0.29, 0.717) is 13.1 Å². The van der Waals surface area contributed by atoms with Crippen LogP contribution in [0.4, 0.5) is 0 Å². The zero-order valence-corrected chi connectivity index (χ0v) is 11.5. The van der Waals surface area contributed by atoms with Crippen LogP contribution in [0.3, 0.4) is 0 Å². The highest BCUT2D eigenvalue weighted by atomic mass is 16.6. The van der Waals surface area contributed by atoms with Crippen LogP contribution in [0, 0.1) is 16.0 Å². The molecule has 2 atom stereocenters. The summed E-state index contributed by atoms with van der Waals surface area (Å²) in [4.78, 5) is 35.2. The lowest BCUT2D eigenvalue weighted by molar-refractivity contribution is -0.497. The van der Waals surface area contributed by atoms with Gasteiger partial charge in [0, 0.05) is 24.4 Å². The molecule has 1 saturated carbocycles. The second kappa shape index (κ2) is 6.67. The van der Waals surface area contributed by atoms with Crippen LogP contribution >= 0.6 is 0 Å². The van der Waals surface area contributed by atoms with Crippen molar-refractivity contribution < 1.29 is 19.2 Å². The lowest BCUT2D eigenvalue weighted by atomic mass is 10.1. The minimum atomic E-state index is -0.820. The molecular formula is C13H20N2O5. The van der Waals surface area contributed by atoms with Crippen LogP contribution < -0.4 is 0 Å². The fraction of sp³-hybridized carbons (Fsp3) is 0.846. The zero-order valence-electron chi connectivity index (χ0n) is 11.5. The van der Waals surface area contributed by atoms with Crippen LogP contribution in [-0.4, -0.2) is 47.4 Å². The standard InChI is InChI=1S/C13H20N2O5/c16-12(14-6-4-2-1-3-5-7-14)9-20-13(17)10-8-11(10)15(18)19/h10-11H,1-9H2. The lowest BCUT2D eigenvalue weighted by Gasteiger charge is -2.24. The Hall–Kier alpha value is -1.66. The van der Waals surface area contributed by atoms with Crippen molar-refractivity contribution in [1.29, 1.82) is 0 Å². The molecule has 0 aromatic rings. The number of nitrogens with zero attached hydrogens (tertiary/aromatic N) is 2. The van der Waals surface area contributed by atoms with Crippen molar-refractivity contribution >= 4 is 11.9 Å². The Morgan fingerprint density at radius 1 is 1.15 bits per heavy atom. The van der Waals surface area contributed by atoms with Gasteiger partial charge >= 0.3 is 5.97 Å². The van der Waals surface area contributed by atoms with Gasteiger partial charge in [-0.2, -0.15) is 0 Å². The van der Waals surface area contributed by atoms with E-state index in [1.165, 1.54) is 6.42 Å². The van der Waals surface area contributed by atoms with E-state index in [2.05, 4.69) is 0 Å². The van der Waals surface area contributed by atoms with Crippen LogP contribution in [0.1, 0.15) is 38.5 Å². The Bertz CT molecular complexity index is 390. The van der Waals surface area contributed by atoms with Crippen molar-refractivity contribution in [3.63, 3.8) is 0 Å². The molecule has 1 saturated heterocycles. The van der Waals surface area contributed by atoms with E-state index in [-0.39, 0.29) is 18.9 Å². The van der Waals surface area contributed by atoms with Crippen molar-refractivity contribution in [2.75, 3.05) is 19.7 Å². The number of carbonyl (C=O) groups excluding carboxylic acids is 2. The summed E-state index contributed by atoms with van der Waals surface area (Å²) in [6.45, 7) is 1.12. The van der Waals surface area contributed by atoms with Crippen molar-refractivity contribution in [3.05, 3.63) is 10.1 Å². The lowest BCUT2D eigenvalue weighted by Crippen LogP contribution is -2.37. The Morgan fingerprint density at radius 2 is 1.75 bits per heavy atom. The van der Waals surface area contributed by atoms with Gasteiger partial charge in [0.05, 0.1) is 0 Å². The first-order valence-electron chi connectivity index (χ1n) is 7.17. The average molecular weight is 284 g/mol. The second-order valence-electron chi connectivity index (χ2n) is 5.45. The highest BCUT2D eigenvalue weighted by Crippen LogP contribution is 2.34. The summed E-state index contributed by atoms with van der Waals surface area (Å²) in [7, 11) is 0. The molecule has 7 nitrogen and oxygen atoms in total. The first kappa shape index (κ1) is 14.7. The number of ether oxygens (including phenoxy) is 1. The third-order valence-corrected chi connectivity index (χ3v) is 3.88. The van der Waals surface area contributed by atoms with Crippen molar-refractivity contribution in [2.24, 2.45) is 5.92 Å². The van der Waals surface area contributed by atoms with Gasteiger partial charge in [-0.05, 0) is 12.8 Å². The van der Waals surface area contributed by atoms with Gasteiger partial charge < -0.3 is 9.64 Å². The summed E-state index contributed by atoms with van der Waals surface area (Å²) in [5.41, 5.74) is 0. The van der Waals surface area contributed by atoms with Crippen LogP contribution in [0.5, 0.6) is 0 Å². The quantitative estimate of drug-likeness (QED) is 0.436. The van der Waals surface area contributed by atoms with E-state index >= 15 is 0 Å². The maximum Gasteiger partial charge on any atom is 0.316 e. The van der Waals surface area contributed by atoms with E-state index in [9.17, 15) is 19.7 Å². The van der Waals surface area contributed by atoms with E-state index in [0.717, 1.165) is 25.7 Å². The van der Waals surface area contributed by atoms with Gasteiger partial charge in [0.1, 0.15) is 5.92 Å². The van der Waals surface area contributed by atoms with E-state index in [4.69, 9.17) is 4.74 Å². The Labute approximate surface area is 117 Å². The monoisotopic (exact) mass is 284 g/mol. The number of esters is 1. The van der Waals surface area contributed by atoms with Gasteiger partial charge in [-0.15, -0.1) is 0 Å². The molecule has 2 unspecified atom stereocenters. The molecule has 112 valence electrons. The van der Waals surface area contributed by atoms with E-state index in [1.807, 2.05) is 0 Å². The summed E-state index contributed by atoms with van der Waals surface area (Å²) < 4.78 is 4.90. The molecule has 1 aliphatic heterocycles. The summed E-state index contributed by atoms with van der Waals surface area (Å²) in [6, 6.07) is -0.820. The number of hydrogen-bond donors (Lipinski definition) is 0. The summed E-state index contributed by atoms with van der Waals surface area (Å²) in [6.07, 6.45) is 5.63. The van der Waals surface area contributed by atoms with Crippen LogP contribution in [0.2, 0.25) is 0 Å².